The number of nitrogens with zero attached hydrogens (tertiary/aromatic N) is 2. The third-order valence-electron chi connectivity index (χ3n) is 5.17. The summed E-state index contributed by atoms with van der Waals surface area (Å²) in [6.45, 7) is 1.84. The summed E-state index contributed by atoms with van der Waals surface area (Å²) in [6.07, 6.45) is 3.66. The molecule has 136 valence electrons. The van der Waals surface area contributed by atoms with Gasteiger partial charge in [0.05, 0.1) is 13.2 Å². The Bertz CT molecular complexity index is 820. The Balaban J connectivity index is 1.50. The van der Waals surface area contributed by atoms with Crippen LogP contribution >= 0.6 is 0 Å². The molecule has 2 atom stereocenters. The van der Waals surface area contributed by atoms with Crippen molar-refractivity contribution in [3.8, 4) is 0 Å². The minimum atomic E-state index is -0.272. The fraction of sp³-hybridized carbons (Fsp3) is 0.400. The number of benzene rings is 1. The fourth-order valence-corrected chi connectivity index (χ4v) is 3.91. The Hall–Kier alpha value is -2.60. The molecule has 4 rings (SSSR count). The van der Waals surface area contributed by atoms with Gasteiger partial charge in [-0.25, -0.2) is 0 Å². The molecule has 1 N–H and O–H groups in total. The molecular formula is C20H23N3O3. The maximum absolute atomic E-state index is 12.5. The molecule has 6 heteroatoms. The highest BCUT2D eigenvalue weighted by Crippen LogP contribution is 2.28. The Morgan fingerprint density at radius 1 is 1.15 bits per heavy atom. The zero-order valence-corrected chi connectivity index (χ0v) is 14.6. The van der Waals surface area contributed by atoms with Crippen molar-refractivity contribution in [2.45, 2.75) is 31.5 Å². The van der Waals surface area contributed by atoms with Crippen LogP contribution in [0.1, 0.15) is 18.4 Å². The first-order chi connectivity index (χ1) is 12.7. The van der Waals surface area contributed by atoms with E-state index in [0.717, 1.165) is 18.5 Å². The first-order valence-corrected chi connectivity index (χ1v) is 9.11. The van der Waals surface area contributed by atoms with Gasteiger partial charge in [-0.1, -0.05) is 30.3 Å². The van der Waals surface area contributed by atoms with E-state index in [-0.39, 0.29) is 23.7 Å². The van der Waals surface area contributed by atoms with Crippen molar-refractivity contribution in [1.82, 2.24) is 9.88 Å². The van der Waals surface area contributed by atoms with Crippen LogP contribution in [0.15, 0.2) is 53.5 Å². The number of hydrogen-bond donors (Lipinski definition) is 1. The number of ether oxygens (including phenoxy) is 1. The molecule has 26 heavy (non-hydrogen) atoms. The highest BCUT2D eigenvalue weighted by atomic mass is 16.5. The Labute approximate surface area is 152 Å². The van der Waals surface area contributed by atoms with Gasteiger partial charge < -0.3 is 19.5 Å². The molecule has 2 aromatic rings. The molecule has 1 aromatic carbocycles. The normalized spacial score (nSPS) is 23.5. The van der Waals surface area contributed by atoms with E-state index >= 15 is 0 Å². The first-order valence-electron chi connectivity index (χ1n) is 9.11. The lowest BCUT2D eigenvalue weighted by molar-refractivity contribution is -0.145. The van der Waals surface area contributed by atoms with Gasteiger partial charge in [0.1, 0.15) is 6.23 Å². The van der Waals surface area contributed by atoms with E-state index in [9.17, 15) is 9.59 Å². The number of nitrogens with one attached hydrogen (secondary N) is 1. The minimum Gasteiger partial charge on any atom is -0.364 e. The largest absolute Gasteiger partial charge is 0.364 e. The zero-order valence-electron chi connectivity index (χ0n) is 14.6. The summed E-state index contributed by atoms with van der Waals surface area (Å²) in [5.74, 6) is 0.156. The highest BCUT2D eigenvalue weighted by Gasteiger charge is 2.38. The van der Waals surface area contributed by atoms with Crippen molar-refractivity contribution < 1.29 is 9.53 Å². The number of morpholine rings is 1. The summed E-state index contributed by atoms with van der Waals surface area (Å²) in [7, 11) is 0. The molecular weight excluding hydrogens is 330 g/mol. The van der Waals surface area contributed by atoms with Crippen LogP contribution in [0.3, 0.4) is 0 Å². The summed E-state index contributed by atoms with van der Waals surface area (Å²) in [5, 5.41) is 0. The Kier molecular flexibility index (Phi) is 4.75. The predicted octanol–water partition coefficient (Wildman–Crippen LogP) is 1.77. The molecule has 2 saturated heterocycles. The third-order valence-corrected chi connectivity index (χ3v) is 5.17. The number of pyridine rings is 1. The van der Waals surface area contributed by atoms with Crippen LogP contribution in [0, 0.1) is 0 Å². The van der Waals surface area contributed by atoms with E-state index in [1.54, 1.807) is 12.3 Å². The lowest BCUT2D eigenvalue weighted by Crippen LogP contribution is -2.54. The van der Waals surface area contributed by atoms with E-state index in [4.69, 9.17) is 4.74 Å². The lowest BCUT2D eigenvalue weighted by Gasteiger charge is -2.41. The summed E-state index contributed by atoms with van der Waals surface area (Å²) < 4.78 is 5.96. The molecule has 1 aromatic heterocycles. The van der Waals surface area contributed by atoms with Crippen LogP contribution in [0.4, 0.5) is 5.69 Å². The number of aromatic amines is 1. The maximum atomic E-state index is 12.5. The zero-order chi connectivity index (χ0) is 17.9. The second kappa shape index (κ2) is 7.33. The van der Waals surface area contributed by atoms with Gasteiger partial charge >= 0.3 is 0 Å². The Morgan fingerprint density at radius 3 is 2.81 bits per heavy atom. The molecule has 2 aliphatic heterocycles. The summed E-state index contributed by atoms with van der Waals surface area (Å²) in [5.41, 5.74) is 1.98. The number of aromatic nitrogens is 1. The molecule has 3 heterocycles. The van der Waals surface area contributed by atoms with Crippen molar-refractivity contribution in [2.75, 3.05) is 24.6 Å². The van der Waals surface area contributed by atoms with Gasteiger partial charge in [0.2, 0.25) is 11.5 Å². The van der Waals surface area contributed by atoms with Gasteiger partial charge in [0.15, 0.2) is 0 Å². The van der Waals surface area contributed by atoms with Crippen LogP contribution in [-0.4, -0.2) is 47.8 Å². The highest BCUT2D eigenvalue weighted by molar-refractivity contribution is 5.79. The van der Waals surface area contributed by atoms with Gasteiger partial charge in [0.25, 0.3) is 0 Å². The van der Waals surface area contributed by atoms with Crippen molar-refractivity contribution in [3.63, 3.8) is 0 Å². The standard InChI is InChI=1S/C20H23N3O3/c24-18-13-16(8-9-21-18)22-10-11-26-20(14-22)23-17(6-7-19(23)25)12-15-4-2-1-3-5-15/h1-5,8-9,13,17,20H,6-7,10-12,14H2,(H,21,24). The molecule has 0 bridgehead atoms. The molecule has 1 amide bonds. The molecule has 0 radical (unpaired) electrons. The SMILES string of the molecule is O=C1CCC(Cc2ccccc2)N1C1CN(c2cc[nH]c(=O)c2)CCO1. The van der Waals surface area contributed by atoms with Gasteiger partial charge in [0, 0.05) is 37.0 Å². The quantitative estimate of drug-likeness (QED) is 0.910. The van der Waals surface area contributed by atoms with E-state index < -0.39 is 0 Å². The van der Waals surface area contributed by atoms with Crippen molar-refractivity contribution in [1.29, 1.82) is 0 Å². The van der Waals surface area contributed by atoms with E-state index in [1.165, 1.54) is 5.56 Å². The Morgan fingerprint density at radius 2 is 2.00 bits per heavy atom. The molecule has 0 spiro atoms. The molecule has 6 nitrogen and oxygen atoms in total. The number of hydrogen-bond acceptors (Lipinski definition) is 4. The molecule has 2 fully saturated rings. The van der Waals surface area contributed by atoms with Gasteiger partial charge in [-0.15, -0.1) is 0 Å². The molecule has 2 aliphatic rings. The lowest BCUT2D eigenvalue weighted by atomic mass is 10.0. The average molecular weight is 353 g/mol. The van der Waals surface area contributed by atoms with Gasteiger partial charge in [-0.05, 0) is 24.5 Å². The van der Waals surface area contributed by atoms with Gasteiger partial charge in [-0.3, -0.25) is 9.59 Å². The topological polar surface area (TPSA) is 65.6 Å². The number of H-pyrrole nitrogens is 1. The fourth-order valence-electron chi connectivity index (χ4n) is 3.91. The van der Waals surface area contributed by atoms with Gasteiger partial charge in [-0.2, -0.15) is 0 Å². The number of likely N-dealkylation sites (tertiary alicyclic amines) is 1. The van der Waals surface area contributed by atoms with Crippen LogP contribution in [0.2, 0.25) is 0 Å². The summed E-state index contributed by atoms with van der Waals surface area (Å²) >= 11 is 0. The van der Waals surface area contributed by atoms with Crippen LogP contribution in [0.25, 0.3) is 0 Å². The monoisotopic (exact) mass is 353 g/mol. The van der Waals surface area contributed by atoms with Crippen LogP contribution < -0.4 is 10.5 Å². The number of carbonyl (C=O) groups is 1. The summed E-state index contributed by atoms with van der Waals surface area (Å²) in [4.78, 5) is 30.8. The predicted molar refractivity (Wildman–Crippen MR) is 99.0 cm³/mol. The molecule has 0 aliphatic carbocycles. The smallest absolute Gasteiger partial charge is 0.249 e. The second-order valence-corrected chi connectivity index (χ2v) is 6.87. The second-order valence-electron chi connectivity index (χ2n) is 6.87. The molecule has 0 saturated carbocycles. The number of rotatable bonds is 4. The van der Waals surface area contributed by atoms with E-state index in [2.05, 4.69) is 22.0 Å². The van der Waals surface area contributed by atoms with E-state index in [0.29, 0.717) is 26.1 Å². The third kappa shape index (κ3) is 3.51. The van der Waals surface area contributed by atoms with Crippen LogP contribution in [-0.2, 0) is 16.0 Å². The van der Waals surface area contributed by atoms with Crippen molar-refractivity contribution in [3.05, 3.63) is 64.6 Å². The van der Waals surface area contributed by atoms with Crippen molar-refractivity contribution in [2.24, 2.45) is 0 Å². The molecule has 2 unspecified atom stereocenters. The minimum absolute atomic E-state index is 0.121. The number of anilines is 1. The van der Waals surface area contributed by atoms with Crippen molar-refractivity contribution >= 4 is 11.6 Å². The van der Waals surface area contributed by atoms with Crippen LogP contribution in [0.5, 0.6) is 0 Å². The number of amides is 1. The maximum Gasteiger partial charge on any atom is 0.249 e. The average Bonchev–Trinajstić information content (AvgIpc) is 3.03. The number of carbonyl (C=O) groups excluding carboxylic acids is 1. The van der Waals surface area contributed by atoms with E-state index in [1.807, 2.05) is 29.2 Å². The summed E-state index contributed by atoms with van der Waals surface area (Å²) in [6, 6.07) is 13.9. The first kappa shape index (κ1) is 16.8.